The molecule has 0 spiro atoms. The van der Waals surface area contributed by atoms with Gasteiger partial charge in [0.15, 0.2) is 0 Å². The van der Waals surface area contributed by atoms with Gasteiger partial charge in [0.05, 0.1) is 0 Å². The molecule has 0 aliphatic carbocycles. The van der Waals surface area contributed by atoms with Gasteiger partial charge in [-0.3, -0.25) is 0 Å². The van der Waals surface area contributed by atoms with E-state index in [0.717, 1.165) is 11.3 Å². The molecule has 2 N–H and O–H groups in total. The van der Waals surface area contributed by atoms with Gasteiger partial charge in [-0.05, 0) is 56.8 Å². The molecule has 0 saturated carbocycles. The molecule has 0 atom stereocenters. The molecule has 4 aromatic rings. The Hall–Kier alpha value is -2.80. The van der Waals surface area contributed by atoms with E-state index < -0.39 is 0 Å². The summed E-state index contributed by atoms with van der Waals surface area (Å²) in [4.78, 5) is 0. The van der Waals surface area contributed by atoms with Gasteiger partial charge in [-0.25, -0.2) is 0 Å². The van der Waals surface area contributed by atoms with Crippen LogP contribution in [0.15, 0.2) is 72.8 Å². The van der Waals surface area contributed by atoms with Crippen LogP contribution >= 0.6 is 0 Å². The van der Waals surface area contributed by atoms with Crippen molar-refractivity contribution in [2.75, 3.05) is 5.73 Å². The fourth-order valence-electron chi connectivity index (χ4n) is 3.56. The lowest BCUT2D eigenvalue weighted by Crippen LogP contribution is -1.97. The van der Waals surface area contributed by atoms with E-state index >= 15 is 0 Å². The van der Waals surface area contributed by atoms with E-state index in [1.807, 2.05) is 6.07 Å². The van der Waals surface area contributed by atoms with Crippen molar-refractivity contribution in [2.45, 2.75) is 19.8 Å². The fourth-order valence-corrected chi connectivity index (χ4v) is 3.56. The van der Waals surface area contributed by atoms with Crippen molar-refractivity contribution >= 4 is 27.2 Å². The van der Waals surface area contributed by atoms with E-state index in [9.17, 15) is 0 Å². The highest BCUT2D eigenvalue weighted by Gasteiger charge is 2.14. The number of nitrogen functional groups attached to an aromatic ring is 1. The predicted octanol–water partition coefficient (Wildman–Crippen LogP) is 6.37. The molecule has 0 saturated heterocycles. The molecule has 0 fully saturated rings. The lowest BCUT2D eigenvalue weighted by Gasteiger charge is -2.17. The third-order valence-electron chi connectivity index (χ3n) is 4.77. The smallest absolute Gasteiger partial charge is 0.0400 e. The Kier molecular flexibility index (Phi) is 3.50. The SMILES string of the molecule is CC(C)c1ccccc1-c1c(N)ccc2cc3ccccc3cc12. The maximum Gasteiger partial charge on any atom is 0.0400 e. The average molecular weight is 311 g/mol. The zero-order valence-electron chi connectivity index (χ0n) is 14.1. The van der Waals surface area contributed by atoms with Crippen LogP contribution in [0, 0.1) is 0 Å². The van der Waals surface area contributed by atoms with Crippen molar-refractivity contribution in [1.82, 2.24) is 0 Å². The van der Waals surface area contributed by atoms with E-state index in [0.29, 0.717) is 5.92 Å². The van der Waals surface area contributed by atoms with Gasteiger partial charge in [-0.15, -0.1) is 0 Å². The summed E-state index contributed by atoms with van der Waals surface area (Å²) in [7, 11) is 0. The van der Waals surface area contributed by atoms with E-state index in [2.05, 4.69) is 80.6 Å². The molecule has 24 heavy (non-hydrogen) atoms. The van der Waals surface area contributed by atoms with Crippen molar-refractivity contribution in [3.63, 3.8) is 0 Å². The minimum atomic E-state index is 0.455. The van der Waals surface area contributed by atoms with Crippen LogP contribution in [0.3, 0.4) is 0 Å². The zero-order valence-corrected chi connectivity index (χ0v) is 14.1. The summed E-state index contributed by atoms with van der Waals surface area (Å²) >= 11 is 0. The Bertz CT molecular complexity index is 1040. The highest BCUT2D eigenvalue weighted by Crippen LogP contribution is 2.39. The van der Waals surface area contributed by atoms with Gasteiger partial charge in [0.2, 0.25) is 0 Å². The van der Waals surface area contributed by atoms with E-state index in [1.54, 1.807) is 0 Å². The minimum Gasteiger partial charge on any atom is -0.398 e. The molecule has 0 heterocycles. The second-order valence-corrected chi connectivity index (χ2v) is 6.69. The molecule has 0 bridgehead atoms. The first-order valence-corrected chi connectivity index (χ1v) is 8.45. The second-order valence-electron chi connectivity index (χ2n) is 6.69. The molecule has 0 amide bonds. The number of rotatable bonds is 2. The van der Waals surface area contributed by atoms with Crippen molar-refractivity contribution in [3.8, 4) is 11.1 Å². The second kappa shape index (κ2) is 5.68. The van der Waals surface area contributed by atoms with Gasteiger partial charge in [-0.1, -0.05) is 68.4 Å². The summed E-state index contributed by atoms with van der Waals surface area (Å²) in [5.74, 6) is 0.455. The van der Waals surface area contributed by atoms with E-state index in [4.69, 9.17) is 5.73 Å². The van der Waals surface area contributed by atoms with Crippen LogP contribution in [0.4, 0.5) is 5.69 Å². The van der Waals surface area contributed by atoms with Crippen LogP contribution in [0.25, 0.3) is 32.7 Å². The molecule has 1 heteroatoms. The molecule has 4 aromatic carbocycles. The third-order valence-corrected chi connectivity index (χ3v) is 4.77. The van der Waals surface area contributed by atoms with E-state index in [-0.39, 0.29) is 0 Å². The number of nitrogens with two attached hydrogens (primary N) is 1. The van der Waals surface area contributed by atoms with Crippen molar-refractivity contribution in [2.24, 2.45) is 0 Å². The summed E-state index contributed by atoms with van der Waals surface area (Å²) in [5.41, 5.74) is 11.0. The number of hydrogen-bond acceptors (Lipinski definition) is 1. The van der Waals surface area contributed by atoms with Crippen molar-refractivity contribution < 1.29 is 0 Å². The first-order chi connectivity index (χ1) is 11.6. The van der Waals surface area contributed by atoms with Crippen LogP contribution in [0.2, 0.25) is 0 Å². The van der Waals surface area contributed by atoms with Crippen LogP contribution in [-0.2, 0) is 0 Å². The summed E-state index contributed by atoms with van der Waals surface area (Å²) in [6, 6.07) is 25.8. The molecule has 0 radical (unpaired) electrons. The standard InChI is InChI=1S/C23H21N/c1-15(2)19-9-5-6-10-20(19)23-21-14-17-8-4-3-7-16(17)13-18(21)11-12-22(23)24/h3-15H,24H2,1-2H3. The molecule has 0 unspecified atom stereocenters. The largest absolute Gasteiger partial charge is 0.398 e. The van der Waals surface area contributed by atoms with Crippen LogP contribution in [0.5, 0.6) is 0 Å². The molecule has 4 rings (SSSR count). The maximum atomic E-state index is 6.43. The maximum absolute atomic E-state index is 6.43. The van der Waals surface area contributed by atoms with Crippen molar-refractivity contribution in [3.05, 3.63) is 78.4 Å². The minimum absolute atomic E-state index is 0.455. The molecule has 0 aliphatic rings. The van der Waals surface area contributed by atoms with Crippen LogP contribution < -0.4 is 5.73 Å². The lowest BCUT2D eigenvalue weighted by atomic mass is 9.88. The summed E-state index contributed by atoms with van der Waals surface area (Å²) in [5, 5.41) is 4.97. The zero-order chi connectivity index (χ0) is 16.7. The number of anilines is 1. The molecular weight excluding hydrogens is 290 g/mol. The van der Waals surface area contributed by atoms with Gasteiger partial charge < -0.3 is 5.73 Å². The molecule has 0 aliphatic heterocycles. The fraction of sp³-hybridized carbons (Fsp3) is 0.130. The Morgan fingerprint density at radius 3 is 2.12 bits per heavy atom. The first-order valence-electron chi connectivity index (χ1n) is 8.45. The van der Waals surface area contributed by atoms with E-state index in [1.165, 1.54) is 32.7 Å². The number of hydrogen-bond donors (Lipinski definition) is 1. The average Bonchev–Trinajstić information content (AvgIpc) is 2.60. The molecule has 1 nitrogen and oxygen atoms in total. The highest BCUT2D eigenvalue weighted by molar-refractivity contribution is 6.08. The quantitative estimate of drug-likeness (QED) is 0.338. The third kappa shape index (κ3) is 2.33. The van der Waals surface area contributed by atoms with Crippen molar-refractivity contribution in [1.29, 1.82) is 0 Å². The number of benzene rings is 4. The predicted molar refractivity (Wildman–Crippen MR) is 105 cm³/mol. The first kappa shape index (κ1) is 14.8. The molecule has 0 aromatic heterocycles. The monoisotopic (exact) mass is 311 g/mol. The van der Waals surface area contributed by atoms with Gasteiger partial charge in [-0.2, -0.15) is 0 Å². The normalized spacial score (nSPS) is 11.5. The highest BCUT2D eigenvalue weighted by atomic mass is 14.6. The Morgan fingerprint density at radius 2 is 1.38 bits per heavy atom. The molecular formula is C23H21N. The summed E-state index contributed by atoms with van der Waals surface area (Å²) in [6.45, 7) is 4.46. The Labute approximate surface area is 142 Å². The van der Waals surface area contributed by atoms with Crippen LogP contribution in [0.1, 0.15) is 25.3 Å². The Morgan fingerprint density at radius 1 is 0.708 bits per heavy atom. The summed E-state index contributed by atoms with van der Waals surface area (Å²) < 4.78 is 0. The van der Waals surface area contributed by atoms with Gasteiger partial charge in [0.25, 0.3) is 0 Å². The Balaban J connectivity index is 2.12. The van der Waals surface area contributed by atoms with Crippen LogP contribution in [-0.4, -0.2) is 0 Å². The van der Waals surface area contributed by atoms with Gasteiger partial charge >= 0.3 is 0 Å². The van der Waals surface area contributed by atoms with Gasteiger partial charge in [0, 0.05) is 11.3 Å². The molecule has 118 valence electrons. The van der Waals surface area contributed by atoms with Gasteiger partial charge in [0.1, 0.15) is 0 Å². The lowest BCUT2D eigenvalue weighted by molar-refractivity contribution is 0.869. The topological polar surface area (TPSA) is 26.0 Å². The number of fused-ring (bicyclic) bond motifs is 2. The summed E-state index contributed by atoms with van der Waals surface area (Å²) in [6.07, 6.45) is 0.